The van der Waals surface area contributed by atoms with Gasteiger partial charge in [-0.05, 0) is 38.1 Å². The van der Waals surface area contributed by atoms with E-state index in [4.69, 9.17) is 0 Å². The molecule has 2 aliphatic heterocycles. The minimum Gasteiger partial charge on any atom is -0.334 e. The first-order chi connectivity index (χ1) is 10.1. The maximum atomic E-state index is 12.6. The molecule has 0 aliphatic carbocycles. The summed E-state index contributed by atoms with van der Waals surface area (Å²) in [6, 6.07) is 8.74. The fourth-order valence-corrected chi connectivity index (χ4v) is 3.86. The van der Waals surface area contributed by atoms with Crippen LogP contribution in [0.15, 0.2) is 24.3 Å². The first kappa shape index (κ1) is 20.2. The molecule has 1 N–H and O–H groups in total. The molecule has 0 bridgehead atoms. The SMILES string of the molecule is Cc1ccccc1[C@@H]1[C@H]2CNC[C@H]2CN1C(=O)CN(C)C.Cl.Cl. The third-order valence-electron chi connectivity index (χ3n) is 4.84. The average Bonchev–Trinajstić information content (AvgIpc) is 2.99. The van der Waals surface area contributed by atoms with Crippen molar-refractivity contribution in [3.63, 3.8) is 0 Å². The van der Waals surface area contributed by atoms with Gasteiger partial charge >= 0.3 is 0 Å². The van der Waals surface area contributed by atoms with Gasteiger partial charge in [-0.15, -0.1) is 24.8 Å². The zero-order valence-corrected chi connectivity index (χ0v) is 15.6. The largest absolute Gasteiger partial charge is 0.334 e. The number of likely N-dealkylation sites (N-methyl/N-ethyl adjacent to an activating group) is 1. The summed E-state index contributed by atoms with van der Waals surface area (Å²) in [6.07, 6.45) is 0. The van der Waals surface area contributed by atoms with Crippen LogP contribution in [0.3, 0.4) is 0 Å². The van der Waals surface area contributed by atoms with E-state index >= 15 is 0 Å². The molecular formula is C17H27Cl2N3O. The van der Waals surface area contributed by atoms with Crippen LogP contribution >= 0.6 is 24.8 Å². The van der Waals surface area contributed by atoms with E-state index in [9.17, 15) is 4.79 Å². The number of nitrogens with zero attached hydrogens (tertiary/aromatic N) is 2. The zero-order chi connectivity index (χ0) is 15.0. The maximum Gasteiger partial charge on any atom is 0.237 e. The number of rotatable bonds is 3. The Kier molecular flexibility index (Phi) is 7.33. The molecule has 0 spiro atoms. The summed E-state index contributed by atoms with van der Waals surface area (Å²) in [7, 11) is 3.91. The molecule has 130 valence electrons. The molecule has 2 fully saturated rings. The molecule has 2 saturated heterocycles. The average molecular weight is 360 g/mol. The summed E-state index contributed by atoms with van der Waals surface area (Å²) in [5.74, 6) is 1.40. The van der Waals surface area contributed by atoms with Crippen LogP contribution in [0.25, 0.3) is 0 Å². The topological polar surface area (TPSA) is 35.6 Å². The number of fused-ring (bicyclic) bond motifs is 1. The molecule has 2 heterocycles. The summed E-state index contributed by atoms with van der Waals surface area (Å²) in [5.41, 5.74) is 2.61. The molecule has 1 aromatic carbocycles. The highest BCUT2D eigenvalue weighted by atomic mass is 35.5. The standard InChI is InChI=1S/C17H25N3O.2ClH/c1-12-6-4-5-7-14(12)17-15-9-18-8-13(15)10-20(17)16(21)11-19(2)3;;/h4-7,13,15,17-18H,8-11H2,1-3H3;2*1H/t13-,15-,17+;;/m0../s1. The monoisotopic (exact) mass is 359 g/mol. The third-order valence-corrected chi connectivity index (χ3v) is 4.84. The lowest BCUT2D eigenvalue weighted by atomic mass is 9.87. The second kappa shape index (κ2) is 8.34. The maximum absolute atomic E-state index is 12.6. The number of likely N-dealkylation sites (tertiary alicyclic amines) is 1. The van der Waals surface area contributed by atoms with Gasteiger partial charge in [-0.1, -0.05) is 24.3 Å². The lowest BCUT2D eigenvalue weighted by Crippen LogP contribution is -2.40. The molecule has 0 radical (unpaired) electrons. The fraction of sp³-hybridized carbons (Fsp3) is 0.588. The molecule has 0 aromatic heterocycles. The third kappa shape index (κ3) is 4.00. The van der Waals surface area contributed by atoms with Crippen molar-refractivity contribution in [3.8, 4) is 0 Å². The van der Waals surface area contributed by atoms with Gasteiger partial charge in [0.05, 0.1) is 12.6 Å². The van der Waals surface area contributed by atoms with Crippen molar-refractivity contribution in [1.29, 1.82) is 0 Å². The van der Waals surface area contributed by atoms with Crippen molar-refractivity contribution in [2.24, 2.45) is 11.8 Å². The number of halogens is 2. The van der Waals surface area contributed by atoms with Crippen molar-refractivity contribution in [1.82, 2.24) is 15.1 Å². The van der Waals surface area contributed by atoms with Crippen LogP contribution in [0.5, 0.6) is 0 Å². The van der Waals surface area contributed by atoms with Crippen LogP contribution in [-0.4, -0.2) is 56.0 Å². The highest BCUT2D eigenvalue weighted by Gasteiger charge is 2.46. The highest BCUT2D eigenvalue weighted by Crippen LogP contribution is 2.43. The molecular weight excluding hydrogens is 333 g/mol. The Labute approximate surface area is 151 Å². The molecule has 4 nitrogen and oxygen atoms in total. The van der Waals surface area contributed by atoms with Crippen LogP contribution in [0.1, 0.15) is 17.2 Å². The van der Waals surface area contributed by atoms with E-state index in [2.05, 4.69) is 41.4 Å². The number of aryl methyl sites for hydroxylation is 1. The molecule has 0 saturated carbocycles. The molecule has 3 rings (SSSR count). The molecule has 1 aromatic rings. The number of carbonyl (C=O) groups is 1. The van der Waals surface area contributed by atoms with Gasteiger partial charge in [0, 0.05) is 25.6 Å². The van der Waals surface area contributed by atoms with Crippen molar-refractivity contribution in [2.45, 2.75) is 13.0 Å². The van der Waals surface area contributed by atoms with E-state index in [1.165, 1.54) is 11.1 Å². The number of hydrogen-bond acceptors (Lipinski definition) is 3. The number of amides is 1. The predicted octanol–water partition coefficient (Wildman–Crippen LogP) is 2.12. The molecule has 6 heteroatoms. The minimum atomic E-state index is 0. The number of hydrogen-bond donors (Lipinski definition) is 1. The van der Waals surface area contributed by atoms with Crippen molar-refractivity contribution in [2.75, 3.05) is 40.3 Å². The molecule has 1 amide bonds. The highest BCUT2D eigenvalue weighted by molar-refractivity contribution is 5.85. The number of benzene rings is 1. The van der Waals surface area contributed by atoms with Gasteiger partial charge in [0.15, 0.2) is 0 Å². The van der Waals surface area contributed by atoms with Gasteiger partial charge in [0.1, 0.15) is 0 Å². The Hall–Kier alpha value is -0.810. The Balaban J connectivity index is 0.00000132. The molecule has 0 unspecified atom stereocenters. The van der Waals surface area contributed by atoms with Gasteiger partial charge in [-0.3, -0.25) is 4.79 Å². The first-order valence-corrected chi connectivity index (χ1v) is 7.78. The van der Waals surface area contributed by atoms with Crippen molar-refractivity contribution >= 4 is 30.7 Å². The summed E-state index contributed by atoms with van der Waals surface area (Å²) in [6.45, 7) is 5.60. The van der Waals surface area contributed by atoms with E-state index in [0.717, 1.165) is 19.6 Å². The molecule has 2 aliphatic rings. The Morgan fingerprint density at radius 1 is 1.26 bits per heavy atom. The van der Waals surface area contributed by atoms with Gasteiger partial charge in [-0.25, -0.2) is 0 Å². The summed E-state index contributed by atoms with van der Waals surface area (Å²) < 4.78 is 0. The zero-order valence-electron chi connectivity index (χ0n) is 14.0. The second-order valence-corrected chi connectivity index (χ2v) is 6.67. The quantitative estimate of drug-likeness (QED) is 0.897. The summed E-state index contributed by atoms with van der Waals surface area (Å²) in [4.78, 5) is 16.7. The summed E-state index contributed by atoms with van der Waals surface area (Å²) in [5, 5.41) is 3.50. The van der Waals surface area contributed by atoms with Gasteiger partial charge in [0.25, 0.3) is 0 Å². The van der Waals surface area contributed by atoms with Crippen LogP contribution in [0, 0.1) is 18.8 Å². The number of nitrogens with one attached hydrogen (secondary N) is 1. The van der Waals surface area contributed by atoms with Crippen molar-refractivity contribution < 1.29 is 4.79 Å². The second-order valence-electron chi connectivity index (χ2n) is 6.67. The minimum absolute atomic E-state index is 0. The fourth-order valence-electron chi connectivity index (χ4n) is 3.86. The summed E-state index contributed by atoms with van der Waals surface area (Å²) >= 11 is 0. The predicted molar refractivity (Wildman–Crippen MR) is 98.5 cm³/mol. The van der Waals surface area contributed by atoms with Crippen LogP contribution in [0.4, 0.5) is 0 Å². The van der Waals surface area contributed by atoms with Crippen LogP contribution in [-0.2, 0) is 4.79 Å². The lowest BCUT2D eigenvalue weighted by Gasteiger charge is -2.30. The van der Waals surface area contributed by atoms with Gasteiger partial charge in [0.2, 0.25) is 5.91 Å². The van der Waals surface area contributed by atoms with E-state index in [0.29, 0.717) is 18.4 Å². The Morgan fingerprint density at radius 2 is 1.96 bits per heavy atom. The normalized spacial score (nSPS) is 25.7. The van der Waals surface area contributed by atoms with Gasteiger partial charge in [-0.2, -0.15) is 0 Å². The number of carbonyl (C=O) groups excluding carboxylic acids is 1. The van der Waals surface area contributed by atoms with E-state index in [-0.39, 0.29) is 36.8 Å². The molecule has 3 atom stereocenters. The van der Waals surface area contributed by atoms with Crippen LogP contribution < -0.4 is 5.32 Å². The van der Waals surface area contributed by atoms with Crippen LogP contribution in [0.2, 0.25) is 0 Å². The smallest absolute Gasteiger partial charge is 0.237 e. The van der Waals surface area contributed by atoms with Crippen molar-refractivity contribution in [3.05, 3.63) is 35.4 Å². The van der Waals surface area contributed by atoms with E-state index in [1.807, 2.05) is 19.0 Å². The first-order valence-electron chi connectivity index (χ1n) is 7.78. The van der Waals surface area contributed by atoms with Gasteiger partial charge < -0.3 is 15.1 Å². The lowest BCUT2D eigenvalue weighted by molar-refractivity contribution is -0.133. The Morgan fingerprint density at radius 3 is 2.61 bits per heavy atom. The van der Waals surface area contributed by atoms with E-state index < -0.39 is 0 Å². The molecule has 23 heavy (non-hydrogen) atoms. The van der Waals surface area contributed by atoms with E-state index in [1.54, 1.807) is 0 Å². The Bertz CT molecular complexity index is 538.